The summed E-state index contributed by atoms with van der Waals surface area (Å²) in [5.41, 5.74) is 1.05. The Balaban J connectivity index is 1.18. The second kappa shape index (κ2) is 8.47. The molecule has 1 N–H and O–H groups in total. The van der Waals surface area contributed by atoms with Gasteiger partial charge in [0.1, 0.15) is 0 Å². The molecule has 2 aromatic rings. The second-order valence-corrected chi connectivity index (χ2v) is 7.19. The van der Waals surface area contributed by atoms with Crippen LogP contribution in [0.1, 0.15) is 48.9 Å². The van der Waals surface area contributed by atoms with E-state index in [4.69, 9.17) is 9.26 Å². The molecule has 0 spiro atoms. The zero-order valence-electron chi connectivity index (χ0n) is 15.3. The van der Waals surface area contributed by atoms with Crippen molar-refractivity contribution in [1.82, 2.24) is 25.3 Å². The van der Waals surface area contributed by atoms with Gasteiger partial charge in [-0.2, -0.15) is 4.98 Å². The number of amides is 2. The fourth-order valence-corrected chi connectivity index (χ4v) is 3.21. The molecule has 8 nitrogen and oxygen atoms in total. The number of hydrogen-bond donors (Lipinski definition) is 1. The van der Waals surface area contributed by atoms with Gasteiger partial charge in [0.05, 0.1) is 12.7 Å². The van der Waals surface area contributed by atoms with E-state index in [1.54, 1.807) is 12.4 Å². The van der Waals surface area contributed by atoms with E-state index in [1.807, 2.05) is 17.0 Å². The lowest BCUT2D eigenvalue weighted by molar-refractivity contribution is -0.000404. The highest BCUT2D eigenvalue weighted by Gasteiger charge is 2.29. The highest BCUT2D eigenvalue weighted by atomic mass is 16.5. The number of nitrogens with one attached hydrogen (secondary N) is 1. The average Bonchev–Trinajstić information content (AvgIpc) is 3.46. The zero-order chi connectivity index (χ0) is 18.5. The van der Waals surface area contributed by atoms with E-state index < -0.39 is 0 Å². The number of ether oxygens (including phenoxy) is 1. The Hall–Kier alpha value is -2.48. The van der Waals surface area contributed by atoms with Crippen LogP contribution in [0.25, 0.3) is 0 Å². The first kappa shape index (κ1) is 17.9. The minimum Gasteiger partial charge on any atom is -0.372 e. The predicted molar refractivity (Wildman–Crippen MR) is 97.0 cm³/mol. The lowest BCUT2D eigenvalue weighted by atomic mass is 10.1. The van der Waals surface area contributed by atoms with Crippen LogP contribution in [0.2, 0.25) is 0 Å². The van der Waals surface area contributed by atoms with Crippen molar-refractivity contribution in [3.05, 3.63) is 41.8 Å². The number of pyridine rings is 1. The van der Waals surface area contributed by atoms with Crippen molar-refractivity contribution >= 4 is 6.03 Å². The Morgan fingerprint density at radius 3 is 3.11 bits per heavy atom. The van der Waals surface area contributed by atoms with E-state index >= 15 is 0 Å². The first-order valence-corrected chi connectivity index (χ1v) is 9.63. The van der Waals surface area contributed by atoms with Crippen molar-refractivity contribution in [3.8, 4) is 0 Å². The smallest absolute Gasteiger partial charge is 0.317 e. The summed E-state index contributed by atoms with van der Waals surface area (Å²) < 4.78 is 11.2. The van der Waals surface area contributed by atoms with Crippen molar-refractivity contribution in [2.45, 2.75) is 50.7 Å². The molecule has 144 valence electrons. The molecule has 8 heteroatoms. The lowest BCUT2D eigenvalue weighted by Crippen LogP contribution is -2.48. The van der Waals surface area contributed by atoms with Crippen molar-refractivity contribution in [1.29, 1.82) is 0 Å². The van der Waals surface area contributed by atoms with Gasteiger partial charge in [-0.3, -0.25) is 4.98 Å². The summed E-state index contributed by atoms with van der Waals surface area (Å²) in [6, 6.07) is 3.83. The summed E-state index contributed by atoms with van der Waals surface area (Å²) >= 11 is 0. The van der Waals surface area contributed by atoms with Crippen LogP contribution in [-0.4, -0.2) is 51.8 Å². The summed E-state index contributed by atoms with van der Waals surface area (Å²) in [7, 11) is 0. The van der Waals surface area contributed by atoms with Crippen LogP contribution in [-0.2, 0) is 17.8 Å². The van der Waals surface area contributed by atoms with E-state index in [-0.39, 0.29) is 12.1 Å². The largest absolute Gasteiger partial charge is 0.372 e. The molecule has 2 aromatic heterocycles. The summed E-state index contributed by atoms with van der Waals surface area (Å²) in [4.78, 5) is 22.7. The third kappa shape index (κ3) is 5.03. The van der Waals surface area contributed by atoms with Crippen LogP contribution in [0.5, 0.6) is 0 Å². The highest BCUT2D eigenvalue weighted by Crippen LogP contribution is 2.38. The number of carbonyl (C=O) groups is 1. The molecule has 2 aliphatic rings. The lowest BCUT2D eigenvalue weighted by Gasteiger charge is -2.32. The fourth-order valence-electron chi connectivity index (χ4n) is 3.21. The first-order valence-electron chi connectivity index (χ1n) is 9.63. The molecular weight excluding hydrogens is 346 g/mol. The van der Waals surface area contributed by atoms with Gasteiger partial charge in [0.25, 0.3) is 0 Å². The van der Waals surface area contributed by atoms with E-state index in [9.17, 15) is 4.79 Å². The standard InChI is InChI=1S/C19H25N5O3/c25-19(21-9-7-17-22-18(27-23-17)15-5-6-15)24-10-2-4-16(12-24)26-13-14-3-1-8-20-11-14/h1,3,8,11,15-16H,2,4-7,9-10,12-13H2,(H,21,25)/t16-/m0/s1. The maximum atomic E-state index is 12.4. The number of nitrogens with zero attached hydrogens (tertiary/aromatic N) is 4. The molecule has 1 aliphatic heterocycles. The molecule has 3 heterocycles. The minimum atomic E-state index is -0.0596. The van der Waals surface area contributed by atoms with Gasteiger partial charge in [-0.25, -0.2) is 4.79 Å². The Morgan fingerprint density at radius 2 is 2.30 bits per heavy atom. The van der Waals surface area contributed by atoms with Crippen molar-refractivity contribution < 1.29 is 14.1 Å². The minimum absolute atomic E-state index is 0.0583. The molecule has 0 unspecified atom stereocenters. The molecule has 2 fully saturated rings. The van der Waals surface area contributed by atoms with Gasteiger partial charge in [0.15, 0.2) is 5.82 Å². The van der Waals surface area contributed by atoms with E-state index in [1.165, 1.54) is 0 Å². The molecule has 0 bridgehead atoms. The number of aromatic nitrogens is 3. The molecule has 27 heavy (non-hydrogen) atoms. The second-order valence-electron chi connectivity index (χ2n) is 7.19. The molecule has 1 atom stereocenters. The van der Waals surface area contributed by atoms with Gasteiger partial charge in [0.2, 0.25) is 5.89 Å². The molecule has 0 aromatic carbocycles. The molecule has 4 rings (SSSR count). The van der Waals surface area contributed by atoms with E-state index in [2.05, 4.69) is 20.4 Å². The van der Waals surface area contributed by atoms with Gasteiger partial charge < -0.3 is 19.5 Å². The average molecular weight is 371 g/mol. The van der Waals surface area contributed by atoms with Gasteiger partial charge in [0, 0.05) is 44.4 Å². The number of hydrogen-bond acceptors (Lipinski definition) is 6. The van der Waals surface area contributed by atoms with Gasteiger partial charge >= 0.3 is 6.03 Å². The summed E-state index contributed by atoms with van der Waals surface area (Å²) in [6.07, 6.45) is 8.38. The molecule has 1 saturated carbocycles. The van der Waals surface area contributed by atoms with E-state index in [0.717, 1.165) is 43.7 Å². The van der Waals surface area contributed by atoms with Crippen molar-refractivity contribution in [2.75, 3.05) is 19.6 Å². The quantitative estimate of drug-likeness (QED) is 0.802. The maximum Gasteiger partial charge on any atom is 0.317 e. The normalized spacial score (nSPS) is 19.9. The van der Waals surface area contributed by atoms with Crippen molar-refractivity contribution in [2.24, 2.45) is 0 Å². The van der Waals surface area contributed by atoms with Crippen LogP contribution in [0.4, 0.5) is 4.79 Å². The first-order chi connectivity index (χ1) is 13.3. The Bertz CT molecular complexity index is 747. The van der Waals surface area contributed by atoms with Crippen LogP contribution in [0.15, 0.2) is 29.0 Å². The Labute approximate surface area is 158 Å². The monoisotopic (exact) mass is 371 g/mol. The molecule has 1 aliphatic carbocycles. The number of urea groups is 1. The van der Waals surface area contributed by atoms with E-state index in [0.29, 0.717) is 37.9 Å². The Morgan fingerprint density at radius 1 is 1.37 bits per heavy atom. The van der Waals surface area contributed by atoms with Crippen LogP contribution in [0, 0.1) is 0 Å². The van der Waals surface area contributed by atoms with Crippen molar-refractivity contribution in [3.63, 3.8) is 0 Å². The number of carbonyl (C=O) groups excluding carboxylic acids is 1. The third-order valence-electron chi connectivity index (χ3n) is 4.91. The molecule has 1 saturated heterocycles. The molecular formula is C19H25N5O3. The topological polar surface area (TPSA) is 93.4 Å². The predicted octanol–water partition coefficient (Wildman–Crippen LogP) is 2.28. The summed E-state index contributed by atoms with van der Waals surface area (Å²) in [5.74, 6) is 1.85. The number of rotatable bonds is 7. The molecule has 0 radical (unpaired) electrons. The maximum absolute atomic E-state index is 12.4. The SMILES string of the molecule is O=C(NCCc1noc(C2CC2)n1)N1CCC[C@H](OCc2cccnc2)C1. The number of likely N-dealkylation sites (tertiary alicyclic amines) is 1. The van der Waals surface area contributed by atoms with Crippen LogP contribution in [0.3, 0.4) is 0 Å². The van der Waals surface area contributed by atoms with Gasteiger partial charge in [-0.05, 0) is 37.3 Å². The zero-order valence-corrected chi connectivity index (χ0v) is 15.3. The highest BCUT2D eigenvalue weighted by molar-refractivity contribution is 5.74. The van der Waals surface area contributed by atoms with Gasteiger partial charge in [-0.1, -0.05) is 11.2 Å². The van der Waals surface area contributed by atoms with Crippen LogP contribution < -0.4 is 5.32 Å². The fraction of sp³-hybridized carbons (Fsp3) is 0.579. The van der Waals surface area contributed by atoms with Crippen LogP contribution >= 0.6 is 0 Å². The third-order valence-corrected chi connectivity index (χ3v) is 4.91. The van der Waals surface area contributed by atoms with Gasteiger partial charge in [-0.15, -0.1) is 0 Å². The Kier molecular flexibility index (Phi) is 5.62. The molecule has 2 amide bonds. The summed E-state index contributed by atoms with van der Waals surface area (Å²) in [6.45, 7) is 2.39. The summed E-state index contributed by atoms with van der Waals surface area (Å²) in [5, 5.41) is 6.92. The number of piperidine rings is 1.